The summed E-state index contributed by atoms with van der Waals surface area (Å²) >= 11 is 7.06. The van der Waals surface area contributed by atoms with Gasteiger partial charge in [0.2, 0.25) is 0 Å². The normalized spacial score (nSPS) is 11.0. The fourth-order valence-electron chi connectivity index (χ4n) is 2.54. The number of rotatable bonds is 6. The molecule has 0 atom stereocenters. The molecule has 0 bridgehead atoms. The van der Waals surface area contributed by atoms with Gasteiger partial charge in [0, 0.05) is 12.1 Å². The lowest BCUT2D eigenvalue weighted by molar-refractivity contribution is 0.0393. The van der Waals surface area contributed by atoms with Crippen molar-refractivity contribution in [3.8, 4) is 0 Å². The first kappa shape index (κ1) is 18.6. The van der Waals surface area contributed by atoms with Crippen LogP contribution in [0.5, 0.6) is 0 Å². The summed E-state index contributed by atoms with van der Waals surface area (Å²) in [6, 6.07) is 7.27. The topological polar surface area (TPSA) is 70.4 Å². The third-order valence-corrected chi connectivity index (χ3v) is 5.32. The number of hydrogen-bond acceptors (Lipinski definition) is 6. The smallest absolute Gasteiger partial charge is 0.348 e. The van der Waals surface area contributed by atoms with Gasteiger partial charge in [-0.05, 0) is 30.2 Å². The van der Waals surface area contributed by atoms with Gasteiger partial charge in [0.1, 0.15) is 16.3 Å². The maximum absolute atomic E-state index is 12.8. The van der Waals surface area contributed by atoms with Crippen molar-refractivity contribution in [1.29, 1.82) is 0 Å². The third-order valence-electron chi connectivity index (χ3n) is 3.89. The first-order valence-corrected chi connectivity index (χ1v) is 9.09. The summed E-state index contributed by atoms with van der Waals surface area (Å²) in [5.74, 6) is -0.466. The minimum absolute atomic E-state index is 0.164. The molecule has 2 aromatic heterocycles. The van der Waals surface area contributed by atoms with E-state index in [2.05, 4.69) is 4.98 Å². The van der Waals surface area contributed by atoms with E-state index in [1.165, 1.54) is 18.0 Å². The summed E-state index contributed by atoms with van der Waals surface area (Å²) in [5.41, 5.74) is 1.34. The summed E-state index contributed by atoms with van der Waals surface area (Å²) in [4.78, 5) is 30.3. The van der Waals surface area contributed by atoms with Gasteiger partial charge in [0.25, 0.3) is 5.56 Å². The van der Waals surface area contributed by atoms with Crippen LogP contribution < -0.4 is 5.56 Å². The lowest BCUT2D eigenvalue weighted by Crippen LogP contribution is -2.21. The molecule has 0 saturated carbocycles. The van der Waals surface area contributed by atoms with E-state index < -0.39 is 5.97 Å². The number of aryl methyl sites for hydroxylation is 1. The Labute approximate surface area is 159 Å². The zero-order valence-corrected chi connectivity index (χ0v) is 15.9. The van der Waals surface area contributed by atoms with Crippen LogP contribution in [-0.2, 0) is 16.0 Å². The number of aromatic nitrogens is 2. The molecule has 1 aromatic carbocycles. The third kappa shape index (κ3) is 3.80. The largest absolute Gasteiger partial charge is 0.459 e. The molecule has 0 N–H and O–H groups in total. The molecule has 2 heterocycles. The molecule has 3 rings (SSSR count). The zero-order chi connectivity index (χ0) is 18.7. The minimum atomic E-state index is -0.466. The molecular weight excluding hydrogens is 376 g/mol. The Kier molecular flexibility index (Phi) is 5.70. The zero-order valence-electron chi connectivity index (χ0n) is 14.3. The Morgan fingerprint density at radius 1 is 1.27 bits per heavy atom. The van der Waals surface area contributed by atoms with Crippen LogP contribution in [0.15, 0.2) is 35.4 Å². The van der Waals surface area contributed by atoms with Gasteiger partial charge in [-0.25, -0.2) is 9.78 Å². The van der Waals surface area contributed by atoms with Gasteiger partial charge < -0.3 is 9.47 Å². The number of fused-ring (bicyclic) bond motifs is 1. The Morgan fingerprint density at radius 3 is 2.69 bits per heavy atom. The van der Waals surface area contributed by atoms with E-state index in [9.17, 15) is 9.59 Å². The Morgan fingerprint density at radius 2 is 2.00 bits per heavy atom. The minimum Gasteiger partial charge on any atom is -0.459 e. The Hall–Kier alpha value is -2.22. The molecule has 0 spiro atoms. The lowest BCUT2D eigenvalue weighted by Gasteiger charge is -2.06. The van der Waals surface area contributed by atoms with E-state index in [0.29, 0.717) is 38.8 Å². The number of ether oxygens (including phenoxy) is 2. The highest BCUT2D eigenvalue weighted by Crippen LogP contribution is 2.27. The predicted octanol–water partition coefficient (Wildman–Crippen LogP) is 3.27. The molecule has 0 radical (unpaired) electrons. The second kappa shape index (κ2) is 7.99. The van der Waals surface area contributed by atoms with Gasteiger partial charge >= 0.3 is 5.97 Å². The number of esters is 1. The summed E-state index contributed by atoms with van der Waals surface area (Å²) in [6.45, 7) is 2.60. The van der Waals surface area contributed by atoms with Crippen molar-refractivity contribution in [3.05, 3.63) is 62.0 Å². The van der Waals surface area contributed by atoms with Gasteiger partial charge in [0.15, 0.2) is 0 Å². The number of halogens is 1. The van der Waals surface area contributed by atoms with E-state index in [0.717, 1.165) is 16.9 Å². The van der Waals surface area contributed by atoms with Crippen molar-refractivity contribution in [3.63, 3.8) is 0 Å². The van der Waals surface area contributed by atoms with E-state index in [1.807, 2.05) is 12.1 Å². The molecule has 6 nitrogen and oxygen atoms in total. The van der Waals surface area contributed by atoms with E-state index in [4.69, 9.17) is 21.1 Å². The van der Waals surface area contributed by atoms with Crippen LogP contribution in [0.3, 0.4) is 0 Å². The average molecular weight is 393 g/mol. The van der Waals surface area contributed by atoms with Crippen LogP contribution in [0.25, 0.3) is 10.2 Å². The highest BCUT2D eigenvalue weighted by molar-refractivity contribution is 7.20. The summed E-state index contributed by atoms with van der Waals surface area (Å²) in [7, 11) is 1.53. The number of thiophene rings is 1. The maximum atomic E-state index is 12.8. The van der Waals surface area contributed by atoms with Crippen molar-refractivity contribution in [2.24, 2.45) is 0 Å². The van der Waals surface area contributed by atoms with Gasteiger partial charge in [-0.3, -0.25) is 9.36 Å². The first-order chi connectivity index (χ1) is 12.5. The van der Waals surface area contributed by atoms with Crippen molar-refractivity contribution >= 4 is 39.1 Å². The molecule has 26 heavy (non-hydrogen) atoms. The second-order valence-electron chi connectivity index (χ2n) is 5.67. The fourth-order valence-corrected chi connectivity index (χ4v) is 3.70. The highest BCUT2D eigenvalue weighted by Gasteiger charge is 2.20. The van der Waals surface area contributed by atoms with Crippen molar-refractivity contribution in [1.82, 2.24) is 9.55 Å². The number of methoxy groups -OCH3 is 1. The summed E-state index contributed by atoms with van der Waals surface area (Å²) in [5, 5.41) is 1.09. The summed E-state index contributed by atoms with van der Waals surface area (Å²) in [6.07, 6.45) is 1.50. The van der Waals surface area contributed by atoms with Crippen LogP contribution in [0.2, 0.25) is 5.02 Å². The standard InChI is InChI=1S/C18H17ClN2O4S/c1-11-14-16(26-15(11)18(23)25-8-7-24-2)20-10-21(17(14)22)9-12-3-5-13(19)6-4-12/h3-6,10H,7-9H2,1-2H3. The van der Waals surface area contributed by atoms with Gasteiger partial charge in [-0.2, -0.15) is 0 Å². The monoisotopic (exact) mass is 392 g/mol. The fraction of sp³-hybridized carbons (Fsp3) is 0.278. The van der Waals surface area contributed by atoms with E-state index in [-0.39, 0.29) is 12.2 Å². The van der Waals surface area contributed by atoms with E-state index in [1.54, 1.807) is 19.1 Å². The lowest BCUT2D eigenvalue weighted by atomic mass is 10.2. The molecule has 0 unspecified atom stereocenters. The van der Waals surface area contributed by atoms with Crippen LogP contribution in [0.4, 0.5) is 0 Å². The van der Waals surface area contributed by atoms with Crippen molar-refractivity contribution in [2.45, 2.75) is 13.5 Å². The number of benzene rings is 1. The second-order valence-corrected chi connectivity index (χ2v) is 7.10. The number of hydrogen-bond donors (Lipinski definition) is 0. The molecule has 0 aliphatic heterocycles. The predicted molar refractivity (Wildman–Crippen MR) is 101 cm³/mol. The van der Waals surface area contributed by atoms with Crippen molar-refractivity contribution < 1.29 is 14.3 Å². The molecule has 0 aliphatic carbocycles. The number of nitrogens with zero attached hydrogens (tertiary/aromatic N) is 2. The van der Waals surface area contributed by atoms with Crippen LogP contribution >= 0.6 is 22.9 Å². The van der Waals surface area contributed by atoms with Crippen molar-refractivity contribution in [2.75, 3.05) is 20.3 Å². The first-order valence-electron chi connectivity index (χ1n) is 7.90. The number of carbonyl (C=O) groups is 1. The SMILES string of the molecule is COCCOC(=O)c1sc2ncn(Cc3ccc(Cl)cc3)c(=O)c2c1C. The Bertz CT molecular complexity index is 995. The molecule has 0 saturated heterocycles. The number of carbonyl (C=O) groups excluding carboxylic acids is 1. The van der Waals surface area contributed by atoms with Gasteiger partial charge in [0.05, 0.1) is 24.9 Å². The Balaban J connectivity index is 1.93. The molecule has 0 amide bonds. The van der Waals surface area contributed by atoms with Gasteiger partial charge in [-0.15, -0.1) is 11.3 Å². The van der Waals surface area contributed by atoms with Crippen LogP contribution in [0, 0.1) is 6.92 Å². The van der Waals surface area contributed by atoms with Crippen LogP contribution in [-0.4, -0.2) is 35.8 Å². The molecule has 3 aromatic rings. The molecule has 0 aliphatic rings. The van der Waals surface area contributed by atoms with E-state index >= 15 is 0 Å². The molecule has 8 heteroatoms. The molecular formula is C18H17ClN2O4S. The maximum Gasteiger partial charge on any atom is 0.348 e. The highest BCUT2D eigenvalue weighted by atomic mass is 35.5. The molecule has 0 fully saturated rings. The average Bonchev–Trinajstić information content (AvgIpc) is 2.97. The van der Waals surface area contributed by atoms with Crippen LogP contribution in [0.1, 0.15) is 20.8 Å². The molecule has 136 valence electrons. The quantitative estimate of drug-likeness (QED) is 0.475. The summed E-state index contributed by atoms with van der Waals surface area (Å²) < 4.78 is 11.5. The van der Waals surface area contributed by atoms with Gasteiger partial charge in [-0.1, -0.05) is 23.7 Å².